The molecule has 9 heteroatoms. The normalized spacial score (nSPS) is 13.4. The topological polar surface area (TPSA) is 83.5 Å². The number of hydrogen-bond donors (Lipinski definition) is 2. The maximum absolute atomic E-state index is 12.1. The van der Waals surface area contributed by atoms with Crippen LogP contribution in [-0.4, -0.2) is 37.0 Å². The Morgan fingerprint density at radius 2 is 2.26 bits per heavy atom. The molecule has 1 heterocycles. The van der Waals surface area contributed by atoms with E-state index in [2.05, 4.69) is 20.7 Å². The minimum Gasteiger partial charge on any atom is -0.477 e. The van der Waals surface area contributed by atoms with Gasteiger partial charge in [0.05, 0.1) is 3.79 Å². The Bertz CT molecular complexity index is 555. The van der Waals surface area contributed by atoms with Crippen molar-refractivity contribution in [2.24, 2.45) is 0 Å². The van der Waals surface area contributed by atoms with Gasteiger partial charge in [-0.05, 0) is 34.7 Å². The fourth-order valence-corrected chi connectivity index (χ4v) is 5.72. The van der Waals surface area contributed by atoms with Gasteiger partial charge in [-0.3, -0.25) is 0 Å². The quantitative estimate of drug-likeness (QED) is 0.750. The highest BCUT2D eigenvalue weighted by molar-refractivity contribution is 9.11. The van der Waals surface area contributed by atoms with E-state index in [0.29, 0.717) is 9.54 Å². The second-order valence-electron chi connectivity index (χ2n) is 3.74. The van der Waals surface area contributed by atoms with E-state index >= 15 is 0 Å². The first kappa shape index (κ1) is 17.0. The Morgan fingerprint density at radius 3 is 2.74 bits per heavy atom. The Kier molecular flexibility index (Phi) is 6.31. The minimum atomic E-state index is -3.70. The van der Waals surface area contributed by atoms with Crippen LogP contribution in [0.25, 0.3) is 0 Å². The van der Waals surface area contributed by atoms with Gasteiger partial charge in [-0.1, -0.05) is 6.92 Å². The molecular formula is C10H14BrNO4S3. The number of carboxylic acids is 1. The molecule has 0 saturated heterocycles. The van der Waals surface area contributed by atoms with Crippen molar-refractivity contribution in [1.82, 2.24) is 4.72 Å². The average Bonchev–Trinajstić information content (AvgIpc) is 2.69. The molecule has 5 nitrogen and oxygen atoms in total. The van der Waals surface area contributed by atoms with Gasteiger partial charge in [0, 0.05) is 11.8 Å². The summed E-state index contributed by atoms with van der Waals surface area (Å²) in [6, 6.07) is 0.953. The summed E-state index contributed by atoms with van der Waals surface area (Å²) in [5, 5.41) is 8.86. The highest BCUT2D eigenvalue weighted by atomic mass is 79.9. The number of rotatable bonds is 7. The van der Waals surface area contributed by atoms with E-state index in [9.17, 15) is 13.2 Å². The van der Waals surface area contributed by atoms with E-state index in [-0.39, 0.29) is 15.8 Å². The Labute approximate surface area is 129 Å². The summed E-state index contributed by atoms with van der Waals surface area (Å²) in [4.78, 5) is 10.8. The third-order valence-electron chi connectivity index (χ3n) is 2.08. The van der Waals surface area contributed by atoms with E-state index in [4.69, 9.17) is 5.11 Å². The van der Waals surface area contributed by atoms with Crippen LogP contribution in [0.4, 0.5) is 0 Å². The van der Waals surface area contributed by atoms with Gasteiger partial charge in [0.2, 0.25) is 10.0 Å². The lowest BCUT2D eigenvalue weighted by Crippen LogP contribution is -2.34. The second kappa shape index (κ2) is 7.07. The monoisotopic (exact) mass is 387 g/mol. The number of aromatic carboxylic acids is 1. The molecule has 19 heavy (non-hydrogen) atoms. The van der Waals surface area contributed by atoms with E-state index in [1.165, 1.54) is 6.07 Å². The Morgan fingerprint density at radius 1 is 1.63 bits per heavy atom. The van der Waals surface area contributed by atoms with Gasteiger partial charge >= 0.3 is 5.97 Å². The molecule has 1 aromatic heterocycles. The summed E-state index contributed by atoms with van der Waals surface area (Å²) in [6.45, 7) is 3.78. The van der Waals surface area contributed by atoms with Gasteiger partial charge in [0.1, 0.15) is 9.77 Å². The number of nitrogens with one attached hydrogen (secondary N) is 1. The second-order valence-corrected chi connectivity index (χ2v) is 9.11. The predicted octanol–water partition coefficient (Wildman–Crippen LogP) is 2.63. The number of carboxylic acid groups (broad SMARTS) is 1. The molecule has 0 aliphatic heterocycles. The van der Waals surface area contributed by atoms with Crippen LogP contribution in [0.3, 0.4) is 0 Å². The third kappa shape index (κ3) is 4.75. The van der Waals surface area contributed by atoms with E-state index in [1.807, 2.05) is 6.92 Å². The summed E-state index contributed by atoms with van der Waals surface area (Å²) < 4.78 is 27.1. The number of hydrogen-bond acceptors (Lipinski definition) is 5. The first-order chi connectivity index (χ1) is 8.77. The Balaban J connectivity index is 2.91. The molecule has 108 valence electrons. The fraction of sp³-hybridized carbons (Fsp3) is 0.500. The van der Waals surface area contributed by atoms with Crippen molar-refractivity contribution in [2.45, 2.75) is 24.8 Å². The van der Waals surface area contributed by atoms with Crippen LogP contribution < -0.4 is 4.72 Å². The maximum atomic E-state index is 12.1. The molecule has 0 saturated carbocycles. The highest BCUT2D eigenvalue weighted by Crippen LogP contribution is 2.31. The lowest BCUT2D eigenvalue weighted by atomic mass is 10.4. The molecule has 2 N–H and O–H groups in total. The fourth-order valence-electron chi connectivity index (χ4n) is 1.30. The predicted molar refractivity (Wildman–Crippen MR) is 81.8 cm³/mol. The zero-order chi connectivity index (χ0) is 14.6. The molecule has 1 unspecified atom stereocenters. The van der Waals surface area contributed by atoms with Gasteiger partial charge in [0.15, 0.2) is 0 Å². The molecule has 1 aromatic rings. The van der Waals surface area contributed by atoms with Crippen LogP contribution >= 0.6 is 39.0 Å². The standard InChI is InChI=1S/C10H14BrNO4S3/c1-3-17-5-6(2)12-19(15,16)8-4-7(10(13)14)18-9(8)11/h4,6,12H,3,5H2,1-2H3,(H,13,14). The molecule has 0 aliphatic rings. The van der Waals surface area contributed by atoms with E-state index in [0.717, 1.165) is 17.1 Å². The summed E-state index contributed by atoms with van der Waals surface area (Å²) in [7, 11) is -3.70. The Hall–Kier alpha value is -0.0900. The lowest BCUT2D eigenvalue weighted by Gasteiger charge is -2.12. The number of thioether (sulfide) groups is 1. The van der Waals surface area contributed by atoms with Gasteiger partial charge < -0.3 is 5.11 Å². The van der Waals surface area contributed by atoms with Crippen LogP contribution in [0.2, 0.25) is 0 Å². The van der Waals surface area contributed by atoms with Crippen LogP contribution in [0.5, 0.6) is 0 Å². The molecule has 0 amide bonds. The SMILES string of the molecule is CCSCC(C)NS(=O)(=O)c1cc(C(=O)O)sc1Br. The van der Waals surface area contributed by atoms with Gasteiger partial charge in [-0.25, -0.2) is 17.9 Å². The molecular weight excluding hydrogens is 374 g/mol. The molecule has 0 bridgehead atoms. The number of sulfonamides is 1. The van der Waals surface area contributed by atoms with Gasteiger partial charge in [-0.15, -0.1) is 11.3 Å². The zero-order valence-corrected chi connectivity index (χ0v) is 14.4. The molecule has 0 spiro atoms. The largest absolute Gasteiger partial charge is 0.477 e. The van der Waals surface area contributed by atoms with E-state index in [1.54, 1.807) is 18.7 Å². The van der Waals surface area contributed by atoms with Crippen molar-refractivity contribution in [1.29, 1.82) is 0 Å². The maximum Gasteiger partial charge on any atom is 0.345 e. The van der Waals surface area contributed by atoms with Gasteiger partial charge in [0.25, 0.3) is 0 Å². The minimum absolute atomic E-state index is 0.0113. The molecule has 0 radical (unpaired) electrons. The molecule has 0 aromatic carbocycles. The molecule has 1 rings (SSSR count). The number of carbonyl (C=O) groups is 1. The van der Waals surface area contributed by atoms with Crippen molar-refractivity contribution in [3.63, 3.8) is 0 Å². The first-order valence-corrected chi connectivity index (χ1v) is 9.65. The van der Waals surface area contributed by atoms with Crippen LogP contribution in [-0.2, 0) is 10.0 Å². The first-order valence-electron chi connectivity index (χ1n) is 5.40. The smallest absolute Gasteiger partial charge is 0.345 e. The average molecular weight is 388 g/mol. The van der Waals surface area contributed by atoms with Crippen molar-refractivity contribution in [2.75, 3.05) is 11.5 Å². The van der Waals surface area contributed by atoms with Crippen molar-refractivity contribution < 1.29 is 18.3 Å². The van der Waals surface area contributed by atoms with Crippen LogP contribution in [0.15, 0.2) is 14.7 Å². The third-order valence-corrected chi connectivity index (χ3v) is 7.06. The van der Waals surface area contributed by atoms with E-state index < -0.39 is 16.0 Å². The van der Waals surface area contributed by atoms with Gasteiger partial charge in [-0.2, -0.15) is 11.8 Å². The summed E-state index contributed by atoms with van der Waals surface area (Å²) in [5.41, 5.74) is 0. The summed E-state index contributed by atoms with van der Waals surface area (Å²) in [5.74, 6) is 0.447. The van der Waals surface area contributed by atoms with Crippen molar-refractivity contribution in [3.05, 3.63) is 14.7 Å². The van der Waals surface area contributed by atoms with Crippen LogP contribution in [0.1, 0.15) is 23.5 Å². The molecule has 0 fully saturated rings. The zero-order valence-electron chi connectivity index (χ0n) is 10.3. The van der Waals surface area contributed by atoms with Crippen molar-refractivity contribution >= 4 is 55.0 Å². The van der Waals surface area contributed by atoms with Crippen LogP contribution in [0, 0.1) is 0 Å². The molecule has 1 atom stereocenters. The molecule has 0 aliphatic carbocycles. The summed E-state index contributed by atoms with van der Waals surface area (Å²) >= 11 is 5.62. The number of halogens is 1. The summed E-state index contributed by atoms with van der Waals surface area (Å²) in [6.07, 6.45) is 0. The lowest BCUT2D eigenvalue weighted by molar-refractivity contribution is 0.0702. The highest BCUT2D eigenvalue weighted by Gasteiger charge is 2.24. The number of thiophene rings is 1. The van der Waals surface area contributed by atoms with Crippen molar-refractivity contribution in [3.8, 4) is 0 Å².